The number of carbonyl (C=O) groups excluding carboxylic acids is 1. The van der Waals surface area contributed by atoms with Gasteiger partial charge in [-0.1, -0.05) is 11.6 Å². The quantitative estimate of drug-likeness (QED) is 0.630. The largest absolute Gasteiger partial charge is 0.469 e. The third-order valence-corrected chi connectivity index (χ3v) is 2.67. The zero-order chi connectivity index (χ0) is 13.0. The molecule has 1 aromatic heterocycles. The first kappa shape index (κ1) is 14.1. The predicted octanol–water partition coefficient (Wildman–Crippen LogP) is 3.13. The molecule has 0 fully saturated rings. The van der Waals surface area contributed by atoms with Crippen molar-refractivity contribution in [3.8, 4) is 0 Å². The van der Waals surface area contributed by atoms with Crippen molar-refractivity contribution in [3.05, 3.63) is 28.0 Å². The van der Waals surface area contributed by atoms with E-state index in [4.69, 9.17) is 23.2 Å². The van der Waals surface area contributed by atoms with E-state index in [9.17, 15) is 13.6 Å². The lowest BCUT2D eigenvalue weighted by Crippen LogP contribution is -2.09. The number of esters is 1. The van der Waals surface area contributed by atoms with E-state index < -0.39 is 18.1 Å². The second kappa shape index (κ2) is 6.12. The molecule has 0 aliphatic carbocycles. The summed E-state index contributed by atoms with van der Waals surface area (Å²) < 4.78 is 29.7. The Morgan fingerprint density at radius 2 is 2.24 bits per heavy atom. The predicted molar refractivity (Wildman–Crippen MR) is 59.5 cm³/mol. The van der Waals surface area contributed by atoms with E-state index in [-0.39, 0.29) is 28.6 Å². The van der Waals surface area contributed by atoms with Crippen LogP contribution in [0, 0.1) is 0 Å². The molecular formula is C10H9Cl2F2NO2. The minimum absolute atomic E-state index is 0.0580. The summed E-state index contributed by atoms with van der Waals surface area (Å²) >= 11 is 11.3. The van der Waals surface area contributed by atoms with Crippen molar-refractivity contribution >= 4 is 29.2 Å². The van der Waals surface area contributed by atoms with Crippen molar-refractivity contribution in [2.75, 3.05) is 7.11 Å². The lowest BCUT2D eigenvalue weighted by atomic mass is 10.1. The van der Waals surface area contributed by atoms with Crippen LogP contribution in [0.1, 0.15) is 23.4 Å². The zero-order valence-corrected chi connectivity index (χ0v) is 10.4. The van der Waals surface area contributed by atoms with Gasteiger partial charge < -0.3 is 4.74 Å². The molecule has 0 radical (unpaired) electrons. The molecule has 0 atom stereocenters. The minimum atomic E-state index is -2.77. The molecule has 0 amide bonds. The second-order valence-electron chi connectivity index (χ2n) is 3.15. The van der Waals surface area contributed by atoms with E-state index in [0.29, 0.717) is 0 Å². The van der Waals surface area contributed by atoms with Gasteiger partial charge in [0.05, 0.1) is 24.2 Å². The molecule has 0 saturated carbocycles. The van der Waals surface area contributed by atoms with Crippen molar-refractivity contribution in [2.45, 2.75) is 18.7 Å². The van der Waals surface area contributed by atoms with E-state index in [0.717, 1.165) is 0 Å². The molecule has 0 spiro atoms. The van der Waals surface area contributed by atoms with Gasteiger partial charge in [0.25, 0.3) is 6.43 Å². The van der Waals surface area contributed by atoms with Crippen LogP contribution >= 0.6 is 23.2 Å². The van der Waals surface area contributed by atoms with Gasteiger partial charge in [0, 0.05) is 5.88 Å². The summed E-state index contributed by atoms with van der Waals surface area (Å²) in [6.45, 7) is 0. The van der Waals surface area contributed by atoms with Crippen molar-refractivity contribution in [2.24, 2.45) is 0 Å². The average Bonchev–Trinajstić information content (AvgIpc) is 2.30. The van der Waals surface area contributed by atoms with Gasteiger partial charge >= 0.3 is 5.97 Å². The summed E-state index contributed by atoms with van der Waals surface area (Å²) in [4.78, 5) is 14.7. The van der Waals surface area contributed by atoms with Crippen molar-refractivity contribution in [3.63, 3.8) is 0 Å². The highest BCUT2D eigenvalue weighted by atomic mass is 35.5. The van der Waals surface area contributed by atoms with Crippen molar-refractivity contribution in [1.29, 1.82) is 0 Å². The van der Waals surface area contributed by atoms with Crippen LogP contribution in [-0.2, 0) is 21.8 Å². The number of nitrogens with zero attached hydrogens (tertiary/aromatic N) is 1. The van der Waals surface area contributed by atoms with Crippen LogP contribution in [0.5, 0.6) is 0 Å². The van der Waals surface area contributed by atoms with Gasteiger partial charge in [0.15, 0.2) is 0 Å². The maximum Gasteiger partial charge on any atom is 0.311 e. The highest BCUT2D eigenvalue weighted by molar-refractivity contribution is 6.31. The number of hydrogen-bond donors (Lipinski definition) is 0. The van der Waals surface area contributed by atoms with E-state index >= 15 is 0 Å². The fourth-order valence-electron chi connectivity index (χ4n) is 1.21. The summed E-state index contributed by atoms with van der Waals surface area (Å²) in [7, 11) is 1.19. The Morgan fingerprint density at radius 1 is 1.59 bits per heavy atom. The third-order valence-electron chi connectivity index (χ3n) is 2.05. The van der Waals surface area contributed by atoms with Crippen molar-refractivity contribution in [1.82, 2.24) is 4.98 Å². The Balaban J connectivity index is 3.15. The number of halogens is 4. The summed E-state index contributed by atoms with van der Waals surface area (Å²) in [6, 6.07) is 1.29. The molecule has 0 aliphatic rings. The number of hydrogen-bond acceptors (Lipinski definition) is 3. The Bertz CT molecular complexity index is 427. The number of pyridine rings is 1. The van der Waals surface area contributed by atoms with Crippen LogP contribution in [0.15, 0.2) is 6.07 Å². The van der Waals surface area contributed by atoms with Crippen molar-refractivity contribution < 1.29 is 18.3 Å². The average molecular weight is 284 g/mol. The first-order chi connectivity index (χ1) is 7.99. The second-order valence-corrected chi connectivity index (χ2v) is 3.82. The van der Waals surface area contributed by atoms with Gasteiger partial charge in [-0.25, -0.2) is 13.8 Å². The fraction of sp³-hybridized carbons (Fsp3) is 0.400. The highest BCUT2D eigenvalue weighted by Crippen LogP contribution is 2.27. The Labute approximate surface area is 107 Å². The molecule has 0 saturated heterocycles. The zero-order valence-electron chi connectivity index (χ0n) is 8.84. The van der Waals surface area contributed by atoms with Crippen LogP contribution in [0.2, 0.25) is 5.02 Å². The third kappa shape index (κ3) is 3.51. The van der Waals surface area contributed by atoms with Gasteiger partial charge in [0.2, 0.25) is 0 Å². The summed E-state index contributed by atoms with van der Waals surface area (Å²) in [5.41, 5.74) is -0.244. The minimum Gasteiger partial charge on any atom is -0.469 e. The fourth-order valence-corrected chi connectivity index (χ4v) is 1.66. The maximum atomic E-state index is 12.7. The van der Waals surface area contributed by atoms with E-state index in [1.807, 2.05) is 0 Å². The smallest absolute Gasteiger partial charge is 0.311 e. The summed E-state index contributed by atoms with van der Waals surface area (Å²) in [5.74, 6) is -0.719. The Kier molecular flexibility index (Phi) is 5.08. The molecule has 1 aromatic rings. The van der Waals surface area contributed by atoms with Gasteiger partial charge in [-0.2, -0.15) is 0 Å². The standard InChI is InChI=1S/C10H9Cl2F2NO2/c1-17-8(16)3-7-6(12)2-5(4-11)9(15-7)10(13)14/h2,10H,3-4H2,1H3. The van der Waals surface area contributed by atoms with Crippen LogP contribution in [0.25, 0.3) is 0 Å². The number of carbonyl (C=O) groups is 1. The molecule has 1 rings (SSSR count). The first-order valence-corrected chi connectivity index (χ1v) is 5.50. The van der Waals surface area contributed by atoms with Crippen LogP contribution in [0.4, 0.5) is 8.78 Å². The molecule has 7 heteroatoms. The summed E-state index contributed by atoms with van der Waals surface area (Å²) in [5, 5.41) is 0.121. The molecule has 0 bridgehead atoms. The van der Waals surface area contributed by atoms with Crippen LogP contribution < -0.4 is 0 Å². The normalized spacial score (nSPS) is 10.7. The molecule has 3 nitrogen and oxygen atoms in total. The molecule has 17 heavy (non-hydrogen) atoms. The number of methoxy groups -OCH3 is 1. The van der Waals surface area contributed by atoms with Gasteiger partial charge in [0.1, 0.15) is 5.69 Å². The van der Waals surface area contributed by atoms with E-state index in [1.54, 1.807) is 0 Å². The van der Waals surface area contributed by atoms with Crippen LogP contribution in [-0.4, -0.2) is 18.1 Å². The van der Waals surface area contributed by atoms with Gasteiger partial charge in [-0.3, -0.25) is 4.79 Å². The number of ether oxygens (including phenoxy) is 1. The number of alkyl halides is 3. The number of rotatable bonds is 4. The van der Waals surface area contributed by atoms with Gasteiger partial charge in [-0.15, -0.1) is 11.6 Å². The molecular weight excluding hydrogens is 275 g/mol. The molecule has 0 aromatic carbocycles. The monoisotopic (exact) mass is 283 g/mol. The van der Waals surface area contributed by atoms with Gasteiger partial charge in [-0.05, 0) is 11.6 Å². The topological polar surface area (TPSA) is 39.2 Å². The Hall–Kier alpha value is -0.940. The molecule has 0 aliphatic heterocycles. The lowest BCUT2D eigenvalue weighted by molar-refractivity contribution is -0.139. The molecule has 0 unspecified atom stereocenters. The first-order valence-electron chi connectivity index (χ1n) is 4.58. The van der Waals surface area contributed by atoms with E-state index in [2.05, 4.69) is 9.72 Å². The lowest BCUT2D eigenvalue weighted by Gasteiger charge is -2.09. The SMILES string of the molecule is COC(=O)Cc1nc(C(F)F)c(CCl)cc1Cl. The van der Waals surface area contributed by atoms with E-state index in [1.165, 1.54) is 13.2 Å². The highest BCUT2D eigenvalue weighted by Gasteiger charge is 2.19. The summed E-state index contributed by atoms with van der Waals surface area (Å²) in [6.07, 6.45) is -3.02. The molecule has 1 heterocycles. The molecule has 94 valence electrons. The maximum absolute atomic E-state index is 12.7. The number of aromatic nitrogens is 1. The van der Waals surface area contributed by atoms with Crippen LogP contribution in [0.3, 0.4) is 0 Å². The molecule has 0 N–H and O–H groups in total. The Morgan fingerprint density at radius 3 is 2.71 bits per heavy atom.